The van der Waals surface area contributed by atoms with Crippen LogP contribution in [-0.2, 0) is 5.41 Å². The van der Waals surface area contributed by atoms with Gasteiger partial charge in [0.05, 0.1) is 11.0 Å². The SMILES string of the molecule is CC1(C)c2ccccc2-c2c(-c3ccc(-n4c5ccccc5c5c4nc4c6ccccc6c6ccccc6n45)cc3)cccc21. The van der Waals surface area contributed by atoms with Gasteiger partial charge < -0.3 is 0 Å². The van der Waals surface area contributed by atoms with Crippen LogP contribution in [0.25, 0.3) is 77.3 Å². The van der Waals surface area contributed by atoms with Crippen LogP contribution in [0.2, 0.25) is 0 Å². The highest BCUT2D eigenvalue weighted by molar-refractivity contribution is 6.17. The minimum Gasteiger partial charge on any atom is -0.293 e. The molecule has 3 heteroatoms. The summed E-state index contributed by atoms with van der Waals surface area (Å²) in [4.78, 5) is 5.40. The Labute approximate surface area is 260 Å². The van der Waals surface area contributed by atoms with E-state index in [1.807, 2.05) is 0 Å². The van der Waals surface area contributed by atoms with Crippen molar-refractivity contribution in [3.05, 3.63) is 151 Å². The fraction of sp³-hybridized carbons (Fsp3) is 0.0714. The van der Waals surface area contributed by atoms with Gasteiger partial charge in [0.25, 0.3) is 0 Å². The number of benzene rings is 6. The first-order valence-corrected chi connectivity index (χ1v) is 15.7. The van der Waals surface area contributed by atoms with E-state index in [9.17, 15) is 0 Å². The van der Waals surface area contributed by atoms with Gasteiger partial charge in [-0.3, -0.25) is 8.97 Å². The molecule has 3 aromatic heterocycles. The van der Waals surface area contributed by atoms with E-state index in [4.69, 9.17) is 4.98 Å². The van der Waals surface area contributed by atoms with Crippen molar-refractivity contribution in [1.82, 2.24) is 14.0 Å². The topological polar surface area (TPSA) is 22.2 Å². The fourth-order valence-corrected chi connectivity index (χ4v) is 8.06. The van der Waals surface area contributed by atoms with Gasteiger partial charge in [-0.15, -0.1) is 0 Å². The summed E-state index contributed by atoms with van der Waals surface area (Å²) in [7, 11) is 0. The summed E-state index contributed by atoms with van der Waals surface area (Å²) in [6, 6.07) is 50.8. The molecule has 1 aliphatic carbocycles. The Bertz CT molecular complexity index is 2670. The number of nitrogens with zero attached hydrogens (tertiary/aromatic N) is 3. The molecule has 0 amide bonds. The Hall–Kier alpha value is -5.67. The second kappa shape index (κ2) is 8.71. The molecular formula is C42H29N3. The Morgan fingerprint density at radius 3 is 1.93 bits per heavy atom. The van der Waals surface area contributed by atoms with E-state index in [1.165, 1.54) is 60.4 Å². The summed E-state index contributed by atoms with van der Waals surface area (Å²) in [5.41, 5.74) is 14.5. The third-order valence-electron chi connectivity index (χ3n) is 10.1. The molecular weight excluding hydrogens is 546 g/mol. The Balaban J connectivity index is 1.23. The quantitative estimate of drug-likeness (QED) is 0.188. The zero-order chi connectivity index (χ0) is 29.9. The zero-order valence-corrected chi connectivity index (χ0v) is 25.1. The maximum Gasteiger partial charge on any atom is 0.165 e. The van der Waals surface area contributed by atoms with Crippen LogP contribution < -0.4 is 0 Å². The minimum atomic E-state index is -0.0188. The van der Waals surface area contributed by atoms with Crippen molar-refractivity contribution in [1.29, 1.82) is 0 Å². The van der Waals surface area contributed by atoms with Crippen LogP contribution in [0.1, 0.15) is 25.0 Å². The average molecular weight is 576 g/mol. The standard InChI is InChI=1S/C42H29N3/c1-42(2)34-18-8-5-15-32(34)38-28(17-11-19-35(38)42)26-22-24-27(25-23-26)44-37-21-10-7-16-33(37)39-41(44)43-40-31-14-4-3-12-29(31)30-13-6-9-20-36(30)45(39)40/h3-25H,1-2H3. The molecule has 9 aromatic rings. The molecule has 0 bridgehead atoms. The minimum absolute atomic E-state index is 0.0188. The first-order valence-electron chi connectivity index (χ1n) is 15.7. The monoisotopic (exact) mass is 575 g/mol. The second-order valence-corrected chi connectivity index (χ2v) is 12.8. The van der Waals surface area contributed by atoms with Crippen molar-refractivity contribution in [2.45, 2.75) is 19.3 Å². The van der Waals surface area contributed by atoms with Gasteiger partial charge in [-0.25, -0.2) is 4.98 Å². The molecule has 0 aliphatic heterocycles. The summed E-state index contributed by atoms with van der Waals surface area (Å²) < 4.78 is 4.70. The first-order chi connectivity index (χ1) is 22.1. The van der Waals surface area contributed by atoms with Gasteiger partial charge in [-0.1, -0.05) is 129 Å². The molecule has 6 aromatic carbocycles. The van der Waals surface area contributed by atoms with Crippen LogP contribution in [0.4, 0.5) is 0 Å². The van der Waals surface area contributed by atoms with Crippen LogP contribution in [0.3, 0.4) is 0 Å². The third-order valence-corrected chi connectivity index (χ3v) is 10.1. The predicted molar refractivity (Wildman–Crippen MR) is 188 cm³/mol. The van der Waals surface area contributed by atoms with E-state index in [0.717, 1.165) is 28.0 Å². The Morgan fingerprint density at radius 2 is 1.11 bits per heavy atom. The maximum atomic E-state index is 5.40. The number of imidazole rings is 1. The maximum absolute atomic E-state index is 5.40. The average Bonchev–Trinajstić information content (AvgIpc) is 3.71. The smallest absolute Gasteiger partial charge is 0.165 e. The van der Waals surface area contributed by atoms with E-state index < -0.39 is 0 Å². The molecule has 0 N–H and O–H groups in total. The van der Waals surface area contributed by atoms with Gasteiger partial charge in [-0.2, -0.15) is 0 Å². The molecule has 10 rings (SSSR count). The Kier molecular flexibility index (Phi) is 4.79. The van der Waals surface area contributed by atoms with Gasteiger partial charge in [0, 0.05) is 27.3 Å². The van der Waals surface area contributed by atoms with E-state index >= 15 is 0 Å². The van der Waals surface area contributed by atoms with E-state index in [1.54, 1.807) is 0 Å². The van der Waals surface area contributed by atoms with Crippen LogP contribution in [-0.4, -0.2) is 14.0 Å². The molecule has 0 atom stereocenters. The van der Waals surface area contributed by atoms with Crippen molar-refractivity contribution in [3.63, 3.8) is 0 Å². The lowest BCUT2D eigenvalue weighted by Crippen LogP contribution is -2.14. The fourth-order valence-electron chi connectivity index (χ4n) is 8.06. The van der Waals surface area contributed by atoms with Gasteiger partial charge in [0.15, 0.2) is 5.65 Å². The lowest BCUT2D eigenvalue weighted by atomic mass is 9.82. The normalized spacial score (nSPS) is 13.7. The number of aromatic nitrogens is 3. The van der Waals surface area contributed by atoms with Gasteiger partial charge in [0.1, 0.15) is 11.2 Å². The zero-order valence-electron chi connectivity index (χ0n) is 25.1. The summed E-state index contributed by atoms with van der Waals surface area (Å²) >= 11 is 0. The van der Waals surface area contributed by atoms with Crippen LogP contribution >= 0.6 is 0 Å². The second-order valence-electron chi connectivity index (χ2n) is 12.8. The molecule has 45 heavy (non-hydrogen) atoms. The van der Waals surface area contributed by atoms with Gasteiger partial charge in [0.2, 0.25) is 0 Å². The number of hydrogen-bond acceptors (Lipinski definition) is 1. The molecule has 0 unspecified atom stereocenters. The highest BCUT2D eigenvalue weighted by Gasteiger charge is 2.36. The molecule has 3 nitrogen and oxygen atoms in total. The molecule has 0 fully saturated rings. The van der Waals surface area contributed by atoms with E-state index in [2.05, 4.69) is 162 Å². The molecule has 0 saturated carbocycles. The van der Waals surface area contributed by atoms with Gasteiger partial charge in [-0.05, 0) is 63.0 Å². The molecule has 212 valence electrons. The van der Waals surface area contributed by atoms with E-state index in [0.29, 0.717) is 0 Å². The van der Waals surface area contributed by atoms with E-state index in [-0.39, 0.29) is 5.41 Å². The summed E-state index contributed by atoms with van der Waals surface area (Å²) in [6.45, 7) is 4.68. The Morgan fingerprint density at radius 1 is 0.489 bits per heavy atom. The largest absolute Gasteiger partial charge is 0.293 e. The molecule has 0 saturated heterocycles. The summed E-state index contributed by atoms with van der Waals surface area (Å²) in [6.07, 6.45) is 0. The highest BCUT2D eigenvalue weighted by Crippen LogP contribution is 2.52. The van der Waals surface area contributed by atoms with Gasteiger partial charge >= 0.3 is 0 Å². The molecule has 0 radical (unpaired) electrons. The summed E-state index contributed by atoms with van der Waals surface area (Å²) in [5.74, 6) is 0. The molecule has 0 spiro atoms. The molecule has 3 heterocycles. The van der Waals surface area contributed by atoms with Crippen molar-refractivity contribution in [3.8, 4) is 27.9 Å². The number of rotatable bonds is 2. The van der Waals surface area contributed by atoms with Crippen molar-refractivity contribution < 1.29 is 0 Å². The number of pyridine rings is 1. The number of para-hydroxylation sites is 2. The van der Waals surface area contributed by atoms with Crippen LogP contribution in [0.5, 0.6) is 0 Å². The summed E-state index contributed by atoms with van der Waals surface area (Å²) in [5, 5.41) is 4.83. The molecule has 1 aliphatic rings. The highest BCUT2D eigenvalue weighted by atomic mass is 15.1. The van der Waals surface area contributed by atoms with Crippen molar-refractivity contribution in [2.24, 2.45) is 0 Å². The third kappa shape index (κ3) is 3.17. The number of hydrogen-bond donors (Lipinski definition) is 0. The van der Waals surface area contributed by atoms with Crippen molar-refractivity contribution >= 4 is 49.4 Å². The first kappa shape index (κ1) is 24.7. The lowest BCUT2D eigenvalue weighted by molar-refractivity contribution is 0.660. The van der Waals surface area contributed by atoms with Crippen LogP contribution in [0.15, 0.2) is 140 Å². The predicted octanol–water partition coefficient (Wildman–Crippen LogP) is 10.7. The van der Waals surface area contributed by atoms with Crippen molar-refractivity contribution in [2.75, 3.05) is 0 Å². The van der Waals surface area contributed by atoms with Crippen LogP contribution in [0, 0.1) is 0 Å². The number of fused-ring (bicyclic) bond motifs is 13. The lowest BCUT2D eigenvalue weighted by Gasteiger charge is -2.21.